The lowest BCUT2D eigenvalue weighted by Gasteiger charge is -2.27. The molecule has 0 atom stereocenters. The molecule has 8 nitrogen and oxygen atoms in total. The Balaban J connectivity index is 1.78. The van der Waals surface area contributed by atoms with E-state index in [0.717, 1.165) is 22.0 Å². The maximum absolute atomic E-state index is 13.4. The molecular weight excluding hydrogens is 458 g/mol. The van der Waals surface area contributed by atoms with Crippen molar-refractivity contribution in [1.29, 1.82) is 0 Å². The lowest BCUT2D eigenvalue weighted by atomic mass is 10.1. The summed E-state index contributed by atoms with van der Waals surface area (Å²) in [5, 5.41) is 2.86. The van der Waals surface area contributed by atoms with E-state index in [1.54, 1.807) is 24.3 Å². The predicted molar refractivity (Wildman–Crippen MR) is 129 cm³/mol. The molecule has 2 heterocycles. The first-order valence-corrected chi connectivity index (χ1v) is 10.7. The maximum atomic E-state index is 13.4. The van der Waals surface area contributed by atoms with E-state index >= 15 is 0 Å². The van der Waals surface area contributed by atoms with Gasteiger partial charge in [-0.05, 0) is 68.0 Å². The van der Waals surface area contributed by atoms with Crippen molar-refractivity contribution < 1.29 is 23.9 Å². The number of rotatable bonds is 5. The smallest absolute Gasteiger partial charge is 0.336 e. The standard InChI is InChI=1S/C25H22ClN3O5/c1-14-11-16(15(2)28(14)18-7-5-17(26)6-8-18)12-20-23(30)27-25(32)29(24(20)31)21-13-19(33-3)9-10-22(21)34-4/h5-13H,1-4H3,(H,27,30,32)/b20-12-. The molecule has 4 amide bonds. The summed E-state index contributed by atoms with van der Waals surface area (Å²) >= 11 is 6.01. The highest BCUT2D eigenvalue weighted by Gasteiger charge is 2.38. The van der Waals surface area contributed by atoms with E-state index in [1.807, 2.05) is 36.6 Å². The Labute approximate surface area is 201 Å². The Kier molecular flexibility index (Phi) is 6.17. The van der Waals surface area contributed by atoms with E-state index in [1.165, 1.54) is 26.4 Å². The van der Waals surface area contributed by atoms with E-state index in [0.29, 0.717) is 16.3 Å². The average Bonchev–Trinajstić information content (AvgIpc) is 3.09. The van der Waals surface area contributed by atoms with Crippen LogP contribution >= 0.6 is 11.6 Å². The van der Waals surface area contributed by atoms with Crippen molar-refractivity contribution in [3.05, 3.63) is 76.1 Å². The molecule has 1 aliphatic rings. The highest BCUT2D eigenvalue weighted by molar-refractivity contribution is 6.39. The highest BCUT2D eigenvalue weighted by Crippen LogP contribution is 2.35. The van der Waals surface area contributed by atoms with Crippen molar-refractivity contribution >= 4 is 41.2 Å². The van der Waals surface area contributed by atoms with Gasteiger partial charge in [-0.3, -0.25) is 14.9 Å². The number of nitrogens with zero attached hydrogens (tertiary/aromatic N) is 2. The van der Waals surface area contributed by atoms with E-state index < -0.39 is 17.8 Å². The van der Waals surface area contributed by atoms with Crippen molar-refractivity contribution in [2.24, 2.45) is 0 Å². The van der Waals surface area contributed by atoms with Crippen molar-refractivity contribution in [3.8, 4) is 17.2 Å². The lowest BCUT2D eigenvalue weighted by Crippen LogP contribution is -2.54. The second-order valence-electron chi connectivity index (χ2n) is 7.63. The molecule has 1 saturated heterocycles. The topological polar surface area (TPSA) is 89.9 Å². The molecule has 1 aromatic heterocycles. The summed E-state index contributed by atoms with van der Waals surface area (Å²) in [6.45, 7) is 3.80. The Morgan fingerprint density at radius 3 is 2.29 bits per heavy atom. The Morgan fingerprint density at radius 2 is 1.65 bits per heavy atom. The third-order valence-electron chi connectivity index (χ3n) is 5.58. The van der Waals surface area contributed by atoms with Crippen molar-refractivity contribution in [2.45, 2.75) is 13.8 Å². The first-order chi connectivity index (χ1) is 16.2. The number of aryl methyl sites for hydroxylation is 1. The van der Waals surface area contributed by atoms with Crippen LogP contribution in [0.4, 0.5) is 10.5 Å². The molecule has 3 aromatic rings. The number of aromatic nitrogens is 1. The third-order valence-corrected chi connectivity index (χ3v) is 5.84. The second-order valence-corrected chi connectivity index (χ2v) is 8.07. The first-order valence-electron chi connectivity index (χ1n) is 10.3. The van der Waals surface area contributed by atoms with Crippen LogP contribution in [0.3, 0.4) is 0 Å². The molecular formula is C25H22ClN3O5. The number of amides is 4. The monoisotopic (exact) mass is 479 g/mol. The van der Waals surface area contributed by atoms with Gasteiger partial charge in [0.25, 0.3) is 11.8 Å². The Morgan fingerprint density at radius 1 is 0.941 bits per heavy atom. The summed E-state index contributed by atoms with van der Waals surface area (Å²) in [7, 11) is 2.89. The molecule has 1 aliphatic heterocycles. The van der Waals surface area contributed by atoms with Crippen LogP contribution in [0.1, 0.15) is 17.0 Å². The van der Waals surface area contributed by atoms with Gasteiger partial charge in [0.1, 0.15) is 17.1 Å². The van der Waals surface area contributed by atoms with Gasteiger partial charge in [-0.1, -0.05) is 11.6 Å². The first kappa shape index (κ1) is 23.1. The summed E-state index contributed by atoms with van der Waals surface area (Å²) in [5.41, 5.74) is 3.25. The average molecular weight is 480 g/mol. The van der Waals surface area contributed by atoms with Crippen molar-refractivity contribution in [3.63, 3.8) is 0 Å². The van der Waals surface area contributed by atoms with E-state index in [2.05, 4.69) is 5.32 Å². The molecule has 0 bridgehead atoms. The largest absolute Gasteiger partial charge is 0.497 e. The van der Waals surface area contributed by atoms with E-state index in [4.69, 9.17) is 21.1 Å². The van der Waals surface area contributed by atoms with Gasteiger partial charge in [-0.25, -0.2) is 9.69 Å². The molecule has 0 unspecified atom stereocenters. The number of methoxy groups -OCH3 is 2. The van der Waals surface area contributed by atoms with Crippen molar-refractivity contribution in [1.82, 2.24) is 9.88 Å². The number of benzene rings is 2. The van der Waals surface area contributed by atoms with Crippen molar-refractivity contribution in [2.75, 3.05) is 19.1 Å². The van der Waals surface area contributed by atoms with Gasteiger partial charge in [0.2, 0.25) is 0 Å². The van der Waals surface area contributed by atoms with Gasteiger partial charge in [-0.2, -0.15) is 0 Å². The van der Waals surface area contributed by atoms with Gasteiger partial charge in [0.05, 0.1) is 19.9 Å². The molecule has 174 valence electrons. The number of barbiturate groups is 1. The van der Waals surface area contributed by atoms with Crippen LogP contribution < -0.4 is 19.7 Å². The molecule has 34 heavy (non-hydrogen) atoms. The quantitative estimate of drug-likeness (QED) is 0.432. The van der Waals surface area contributed by atoms with Crippen LogP contribution in [-0.2, 0) is 9.59 Å². The minimum Gasteiger partial charge on any atom is -0.497 e. The molecule has 1 fully saturated rings. The molecule has 1 N–H and O–H groups in total. The summed E-state index contributed by atoms with van der Waals surface area (Å²) < 4.78 is 12.5. The number of nitrogens with one attached hydrogen (secondary N) is 1. The van der Waals surface area contributed by atoms with Crippen LogP contribution in [0.15, 0.2) is 54.1 Å². The minimum absolute atomic E-state index is 0.161. The van der Waals surface area contributed by atoms with Gasteiger partial charge < -0.3 is 14.0 Å². The van der Waals surface area contributed by atoms with Crippen LogP contribution in [0.2, 0.25) is 5.02 Å². The van der Waals surface area contributed by atoms with Crippen LogP contribution in [0, 0.1) is 13.8 Å². The molecule has 0 aliphatic carbocycles. The van der Waals surface area contributed by atoms with Gasteiger partial charge in [0, 0.05) is 28.2 Å². The zero-order chi connectivity index (χ0) is 24.6. The van der Waals surface area contributed by atoms with Gasteiger partial charge in [0.15, 0.2) is 0 Å². The number of ether oxygens (including phenoxy) is 2. The van der Waals surface area contributed by atoms with Gasteiger partial charge >= 0.3 is 6.03 Å². The fraction of sp³-hybridized carbons (Fsp3) is 0.160. The number of carbonyl (C=O) groups is 3. The molecule has 0 spiro atoms. The predicted octanol–water partition coefficient (Wildman–Crippen LogP) is 4.43. The van der Waals surface area contributed by atoms with Crippen LogP contribution in [0.25, 0.3) is 11.8 Å². The zero-order valence-electron chi connectivity index (χ0n) is 19.0. The Hall–Kier alpha value is -4.04. The van der Waals surface area contributed by atoms with Crippen LogP contribution in [0.5, 0.6) is 11.5 Å². The third kappa shape index (κ3) is 4.04. The lowest BCUT2D eigenvalue weighted by molar-refractivity contribution is -0.122. The minimum atomic E-state index is -0.870. The second kappa shape index (κ2) is 9.07. The molecule has 2 aromatic carbocycles. The number of hydrogen-bond donors (Lipinski definition) is 1. The summed E-state index contributed by atoms with van der Waals surface area (Å²) in [6.07, 6.45) is 1.48. The number of halogens is 1. The Bertz CT molecular complexity index is 1340. The van der Waals surface area contributed by atoms with Crippen LogP contribution in [-0.4, -0.2) is 36.6 Å². The van der Waals surface area contributed by atoms with E-state index in [9.17, 15) is 14.4 Å². The van der Waals surface area contributed by atoms with E-state index in [-0.39, 0.29) is 17.0 Å². The number of carbonyl (C=O) groups excluding carboxylic acids is 3. The molecule has 4 rings (SSSR count). The maximum Gasteiger partial charge on any atom is 0.336 e. The zero-order valence-corrected chi connectivity index (χ0v) is 19.8. The number of urea groups is 1. The number of imide groups is 2. The highest BCUT2D eigenvalue weighted by atomic mass is 35.5. The molecule has 0 saturated carbocycles. The molecule has 9 heteroatoms. The SMILES string of the molecule is COc1ccc(OC)c(N2C(=O)NC(=O)/C(=C/c3cc(C)n(-c4ccc(Cl)cc4)c3C)C2=O)c1. The fourth-order valence-corrected chi connectivity index (χ4v) is 4.05. The normalized spacial score (nSPS) is 15.0. The molecule has 0 radical (unpaired) electrons. The number of anilines is 1. The summed E-state index contributed by atoms with van der Waals surface area (Å²) in [5.74, 6) is -0.842. The summed E-state index contributed by atoms with van der Waals surface area (Å²) in [4.78, 5) is 39.6. The van der Waals surface area contributed by atoms with Gasteiger partial charge in [-0.15, -0.1) is 0 Å². The fourth-order valence-electron chi connectivity index (χ4n) is 3.92. The summed E-state index contributed by atoms with van der Waals surface area (Å²) in [6, 6.07) is 13.1. The number of hydrogen-bond acceptors (Lipinski definition) is 5.